The first-order chi connectivity index (χ1) is 8.15. The first kappa shape index (κ1) is 11.1. The summed E-state index contributed by atoms with van der Waals surface area (Å²) < 4.78 is 2.76. The maximum atomic E-state index is 6.02. The summed E-state index contributed by atoms with van der Waals surface area (Å²) in [5.74, 6) is 0.771. The van der Waals surface area contributed by atoms with Gasteiger partial charge in [-0.1, -0.05) is 11.6 Å². The Morgan fingerprint density at radius 1 is 1.59 bits per heavy atom. The molecule has 5 heteroatoms. The highest BCUT2D eigenvalue weighted by Gasteiger charge is 2.30. The van der Waals surface area contributed by atoms with Crippen LogP contribution in [-0.4, -0.2) is 9.78 Å². The number of halogens is 1. The van der Waals surface area contributed by atoms with Crippen molar-refractivity contribution in [2.45, 2.75) is 25.8 Å². The van der Waals surface area contributed by atoms with Crippen LogP contribution in [0.25, 0.3) is 11.3 Å². The molecule has 0 radical (unpaired) electrons. The van der Waals surface area contributed by atoms with Gasteiger partial charge in [0.1, 0.15) is 5.69 Å². The average molecular weight is 268 g/mol. The Balaban J connectivity index is 1.95. The molecule has 3 rings (SSSR count). The molecular weight excluding hydrogens is 254 g/mol. The smallest absolute Gasteiger partial charge is 0.116 e. The zero-order valence-corrected chi connectivity index (χ0v) is 11.1. The second-order valence-corrected chi connectivity index (χ2v) is 6.17. The Labute approximate surface area is 109 Å². The zero-order valence-electron chi connectivity index (χ0n) is 9.56. The molecule has 2 heterocycles. The number of hydrogen-bond acceptors (Lipinski definition) is 3. The highest BCUT2D eigenvalue weighted by molar-refractivity contribution is 7.14. The van der Waals surface area contributed by atoms with Crippen molar-refractivity contribution in [3.63, 3.8) is 0 Å². The number of rotatable bonds is 3. The summed E-state index contributed by atoms with van der Waals surface area (Å²) in [6, 6.07) is 2.36. The maximum absolute atomic E-state index is 6.02. The van der Waals surface area contributed by atoms with Crippen LogP contribution in [0.5, 0.6) is 0 Å². The fourth-order valence-electron chi connectivity index (χ4n) is 2.07. The molecule has 0 spiro atoms. The van der Waals surface area contributed by atoms with Gasteiger partial charge in [-0.05, 0) is 31.7 Å². The minimum atomic E-state index is 0.445. The molecule has 0 aromatic carbocycles. The van der Waals surface area contributed by atoms with Gasteiger partial charge in [0.25, 0.3) is 0 Å². The lowest BCUT2D eigenvalue weighted by Gasteiger charge is -2.09. The van der Waals surface area contributed by atoms with Crippen LogP contribution in [0.3, 0.4) is 0 Å². The molecule has 0 saturated heterocycles. The van der Waals surface area contributed by atoms with Crippen LogP contribution >= 0.6 is 22.9 Å². The molecule has 90 valence electrons. The van der Waals surface area contributed by atoms with E-state index in [9.17, 15) is 0 Å². The maximum Gasteiger partial charge on any atom is 0.116 e. The molecule has 2 N–H and O–H groups in total. The molecule has 1 saturated carbocycles. The Morgan fingerprint density at radius 3 is 2.94 bits per heavy atom. The number of thiophene rings is 1. The van der Waals surface area contributed by atoms with Crippen LogP contribution in [0, 0.1) is 5.92 Å². The quantitative estimate of drug-likeness (QED) is 0.919. The molecule has 2 aromatic rings. The van der Waals surface area contributed by atoms with E-state index in [1.54, 1.807) is 0 Å². The van der Waals surface area contributed by atoms with Crippen LogP contribution < -0.4 is 5.73 Å². The van der Waals surface area contributed by atoms with E-state index in [4.69, 9.17) is 17.3 Å². The van der Waals surface area contributed by atoms with Gasteiger partial charge in [0, 0.05) is 17.1 Å². The van der Waals surface area contributed by atoms with Crippen molar-refractivity contribution in [1.82, 2.24) is 9.78 Å². The van der Waals surface area contributed by atoms with Gasteiger partial charge in [0.2, 0.25) is 0 Å². The highest BCUT2D eigenvalue weighted by atomic mass is 35.5. The first-order valence-electron chi connectivity index (χ1n) is 5.74. The molecule has 0 amide bonds. The Morgan fingerprint density at radius 2 is 2.35 bits per heavy atom. The molecule has 1 unspecified atom stereocenters. The van der Waals surface area contributed by atoms with E-state index < -0.39 is 0 Å². The normalized spacial score (nSPS) is 17.3. The van der Waals surface area contributed by atoms with E-state index in [1.807, 2.05) is 22.3 Å². The monoisotopic (exact) mass is 267 g/mol. The molecule has 3 nitrogen and oxygen atoms in total. The van der Waals surface area contributed by atoms with Crippen LogP contribution in [0.2, 0.25) is 4.34 Å². The van der Waals surface area contributed by atoms with Gasteiger partial charge in [-0.25, -0.2) is 0 Å². The number of aromatic nitrogens is 2. The summed E-state index contributed by atoms with van der Waals surface area (Å²) in [6.07, 6.45) is 4.55. The van der Waals surface area contributed by atoms with Crippen molar-refractivity contribution in [2.75, 3.05) is 5.73 Å². The second kappa shape index (κ2) is 4.03. The van der Waals surface area contributed by atoms with E-state index in [2.05, 4.69) is 12.0 Å². The van der Waals surface area contributed by atoms with Gasteiger partial charge in [-0.3, -0.25) is 4.68 Å². The number of anilines is 1. The Hall–Kier alpha value is -1.00. The van der Waals surface area contributed by atoms with Crippen LogP contribution in [0.4, 0.5) is 5.69 Å². The molecule has 0 bridgehead atoms. The van der Waals surface area contributed by atoms with Gasteiger partial charge in [-0.15, -0.1) is 11.3 Å². The highest BCUT2D eigenvalue weighted by Crippen LogP contribution is 2.40. The number of hydrogen-bond donors (Lipinski definition) is 1. The SMILES string of the molecule is CC(C1CC1)n1cc(N)c(-c2csc(Cl)c2)n1. The van der Waals surface area contributed by atoms with Crippen molar-refractivity contribution in [1.29, 1.82) is 0 Å². The van der Waals surface area contributed by atoms with Gasteiger partial charge >= 0.3 is 0 Å². The first-order valence-corrected chi connectivity index (χ1v) is 7.00. The largest absolute Gasteiger partial charge is 0.396 e. The lowest BCUT2D eigenvalue weighted by molar-refractivity contribution is 0.441. The van der Waals surface area contributed by atoms with Gasteiger partial charge < -0.3 is 5.73 Å². The summed E-state index contributed by atoms with van der Waals surface area (Å²) >= 11 is 7.44. The average Bonchev–Trinajstić information content (AvgIpc) is 2.96. The third-order valence-corrected chi connectivity index (χ3v) is 4.41. The lowest BCUT2D eigenvalue weighted by atomic mass is 10.2. The predicted molar refractivity (Wildman–Crippen MR) is 72.4 cm³/mol. The molecule has 1 aliphatic rings. The third-order valence-electron chi connectivity index (χ3n) is 3.32. The summed E-state index contributed by atoms with van der Waals surface area (Å²) in [5.41, 5.74) is 8.61. The third kappa shape index (κ3) is 2.07. The van der Waals surface area contributed by atoms with Crippen LogP contribution in [-0.2, 0) is 0 Å². The molecule has 1 atom stereocenters. The van der Waals surface area contributed by atoms with Crippen molar-refractivity contribution in [3.8, 4) is 11.3 Å². The van der Waals surface area contributed by atoms with Crippen molar-refractivity contribution < 1.29 is 0 Å². The molecule has 2 aromatic heterocycles. The van der Waals surface area contributed by atoms with E-state index >= 15 is 0 Å². The van der Waals surface area contributed by atoms with Crippen LogP contribution in [0.1, 0.15) is 25.8 Å². The summed E-state index contributed by atoms with van der Waals surface area (Å²) in [6.45, 7) is 2.20. The molecule has 1 aliphatic carbocycles. The van der Waals surface area contributed by atoms with Crippen LogP contribution in [0.15, 0.2) is 17.6 Å². The predicted octanol–water partition coefficient (Wildman–Crippen LogP) is 3.82. The van der Waals surface area contributed by atoms with E-state index in [1.165, 1.54) is 24.2 Å². The van der Waals surface area contributed by atoms with Crippen molar-refractivity contribution in [3.05, 3.63) is 22.0 Å². The number of nitrogen functional groups attached to an aromatic ring is 1. The second-order valence-electron chi connectivity index (χ2n) is 4.63. The summed E-state index contributed by atoms with van der Waals surface area (Å²) in [7, 11) is 0. The topological polar surface area (TPSA) is 43.8 Å². The standard InChI is InChI=1S/C12H14ClN3S/c1-7(8-2-3-8)16-5-10(14)12(15-16)9-4-11(13)17-6-9/h4-8H,2-3,14H2,1H3. The summed E-state index contributed by atoms with van der Waals surface area (Å²) in [5, 5.41) is 6.59. The number of nitrogens with zero attached hydrogens (tertiary/aromatic N) is 2. The van der Waals surface area contributed by atoms with Gasteiger partial charge in [-0.2, -0.15) is 5.10 Å². The Bertz CT molecular complexity index is 542. The fraction of sp³-hybridized carbons (Fsp3) is 0.417. The molecule has 1 fully saturated rings. The fourth-order valence-corrected chi connectivity index (χ4v) is 2.93. The lowest BCUT2D eigenvalue weighted by Crippen LogP contribution is -2.07. The molecule has 17 heavy (non-hydrogen) atoms. The van der Waals surface area contributed by atoms with Gasteiger partial charge in [0.05, 0.1) is 16.1 Å². The minimum Gasteiger partial charge on any atom is -0.396 e. The van der Waals surface area contributed by atoms with E-state index in [0.717, 1.165) is 27.2 Å². The van der Waals surface area contributed by atoms with E-state index in [0.29, 0.717) is 6.04 Å². The number of nitrogens with two attached hydrogens (primary N) is 1. The molecule has 0 aliphatic heterocycles. The van der Waals surface area contributed by atoms with Crippen molar-refractivity contribution >= 4 is 28.6 Å². The molecular formula is C12H14ClN3S. The zero-order chi connectivity index (χ0) is 12.0. The Kier molecular flexibility index (Phi) is 2.64. The minimum absolute atomic E-state index is 0.445. The van der Waals surface area contributed by atoms with Gasteiger partial charge in [0.15, 0.2) is 0 Å². The van der Waals surface area contributed by atoms with Crippen molar-refractivity contribution in [2.24, 2.45) is 5.92 Å². The summed E-state index contributed by atoms with van der Waals surface area (Å²) in [4.78, 5) is 0. The van der Waals surface area contributed by atoms with E-state index in [-0.39, 0.29) is 0 Å².